The monoisotopic (exact) mass is 285 g/mol. The summed E-state index contributed by atoms with van der Waals surface area (Å²) in [4.78, 5) is 1.72. The summed E-state index contributed by atoms with van der Waals surface area (Å²) in [6, 6.07) is 5.77. The summed E-state index contributed by atoms with van der Waals surface area (Å²) in [7, 11) is -3.54. The molecular weight excluding hydrogens is 274 g/mol. The van der Waals surface area contributed by atoms with E-state index < -0.39 is 10.0 Å². The molecule has 0 aliphatic carbocycles. The molecule has 1 N–H and O–H groups in total. The fourth-order valence-corrected chi connectivity index (χ4v) is 3.24. The van der Waals surface area contributed by atoms with Gasteiger partial charge in [0.05, 0.1) is 4.90 Å². The van der Waals surface area contributed by atoms with Crippen LogP contribution < -0.4 is 4.72 Å². The molecule has 1 aromatic rings. The van der Waals surface area contributed by atoms with E-state index in [1.807, 2.05) is 6.19 Å². The molecule has 0 spiro atoms. The number of nitriles is 1. The maximum absolute atomic E-state index is 12.0. The normalized spacial score (nSPS) is 19.8. The highest BCUT2D eigenvalue weighted by atomic mass is 35.5. The Hall–Kier alpha value is -1.29. The van der Waals surface area contributed by atoms with Gasteiger partial charge in [-0.15, -0.1) is 0 Å². The van der Waals surface area contributed by atoms with Crippen molar-refractivity contribution in [3.05, 3.63) is 29.3 Å². The average Bonchev–Trinajstić information content (AvgIpc) is 2.76. The second-order valence-electron chi connectivity index (χ2n) is 4.11. The van der Waals surface area contributed by atoms with E-state index in [9.17, 15) is 8.42 Å². The Morgan fingerprint density at radius 2 is 2.06 bits per heavy atom. The van der Waals surface area contributed by atoms with Crippen molar-refractivity contribution in [1.29, 1.82) is 5.26 Å². The number of nitrogens with one attached hydrogen (secondary N) is 1. The molecule has 0 aromatic heterocycles. The molecule has 1 atom stereocenters. The van der Waals surface area contributed by atoms with Gasteiger partial charge in [-0.1, -0.05) is 11.6 Å². The zero-order valence-corrected chi connectivity index (χ0v) is 11.1. The second-order valence-corrected chi connectivity index (χ2v) is 6.26. The Morgan fingerprint density at radius 1 is 1.39 bits per heavy atom. The number of nitrogens with zero attached hydrogens (tertiary/aromatic N) is 2. The fraction of sp³-hybridized carbons (Fsp3) is 0.364. The molecule has 0 bridgehead atoms. The summed E-state index contributed by atoms with van der Waals surface area (Å²) >= 11 is 5.71. The number of hydrogen-bond acceptors (Lipinski definition) is 4. The third-order valence-corrected chi connectivity index (χ3v) is 4.56. The van der Waals surface area contributed by atoms with Crippen LogP contribution in [0, 0.1) is 11.5 Å². The predicted molar refractivity (Wildman–Crippen MR) is 67.4 cm³/mol. The topological polar surface area (TPSA) is 73.2 Å². The van der Waals surface area contributed by atoms with Gasteiger partial charge >= 0.3 is 0 Å². The predicted octanol–water partition coefficient (Wildman–Crippen LogP) is 1.17. The first kappa shape index (κ1) is 13.1. The molecule has 1 unspecified atom stereocenters. The van der Waals surface area contributed by atoms with Gasteiger partial charge in [-0.25, -0.2) is 13.1 Å². The number of hydrogen-bond donors (Lipinski definition) is 1. The number of likely N-dealkylation sites (tertiary alicyclic amines) is 1. The smallest absolute Gasteiger partial charge is 0.240 e. The van der Waals surface area contributed by atoms with Crippen molar-refractivity contribution in [2.45, 2.75) is 17.4 Å². The first-order valence-corrected chi connectivity index (χ1v) is 7.30. The number of benzene rings is 1. The molecule has 1 fully saturated rings. The highest BCUT2D eigenvalue weighted by Gasteiger charge is 2.26. The molecule has 18 heavy (non-hydrogen) atoms. The van der Waals surface area contributed by atoms with Gasteiger partial charge in [0.2, 0.25) is 10.0 Å². The summed E-state index contributed by atoms with van der Waals surface area (Å²) in [5.41, 5.74) is 0. The molecule has 0 saturated carbocycles. The first-order valence-electron chi connectivity index (χ1n) is 5.44. The van der Waals surface area contributed by atoms with Crippen LogP contribution in [-0.2, 0) is 10.0 Å². The molecule has 2 rings (SSSR count). The van der Waals surface area contributed by atoms with Crippen LogP contribution in [-0.4, -0.2) is 32.4 Å². The van der Waals surface area contributed by atoms with Crippen molar-refractivity contribution in [3.63, 3.8) is 0 Å². The lowest BCUT2D eigenvalue weighted by atomic mass is 10.3. The van der Waals surface area contributed by atoms with Gasteiger partial charge < -0.3 is 4.90 Å². The molecule has 1 aliphatic rings. The fourth-order valence-electron chi connectivity index (χ4n) is 1.85. The minimum absolute atomic E-state index is 0.183. The van der Waals surface area contributed by atoms with Gasteiger partial charge in [0.15, 0.2) is 6.19 Å². The Balaban J connectivity index is 2.09. The second kappa shape index (κ2) is 5.14. The van der Waals surface area contributed by atoms with Gasteiger partial charge in [-0.2, -0.15) is 5.26 Å². The standard InChI is InChI=1S/C11H12ClN3O2S/c12-9-1-3-11(4-2-9)18(16,17)14-10-5-6-15(7-10)8-13/h1-4,10,14H,5-7H2. The van der Waals surface area contributed by atoms with E-state index in [0.717, 1.165) is 0 Å². The van der Waals surface area contributed by atoms with Crippen molar-refractivity contribution in [1.82, 2.24) is 9.62 Å². The molecule has 1 aliphatic heterocycles. The number of halogens is 1. The van der Waals surface area contributed by atoms with Crippen molar-refractivity contribution in [2.75, 3.05) is 13.1 Å². The van der Waals surface area contributed by atoms with E-state index in [-0.39, 0.29) is 10.9 Å². The molecule has 1 saturated heterocycles. The van der Waals surface area contributed by atoms with Gasteiger partial charge in [-0.3, -0.25) is 0 Å². The van der Waals surface area contributed by atoms with Crippen LogP contribution in [0.15, 0.2) is 29.2 Å². The Bertz CT molecular complexity index is 565. The van der Waals surface area contributed by atoms with Crippen molar-refractivity contribution < 1.29 is 8.42 Å². The highest BCUT2D eigenvalue weighted by Crippen LogP contribution is 2.16. The van der Waals surface area contributed by atoms with Crippen LogP contribution in [0.3, 0.4) is 0 Å². The number of rotatable bonds is 3. The van der Waals surface area contributed by atoms with Crippen LogP contribution in [0.1, 0.15) is 6.42 Å². The third kappa shape index (κ3) is 2.93. The summed E-state index contributed by atoms with van der Waals surface area (Å²) in [5, 5.41) is 9.20. The molecule has 1 aromatic carbocycles. The lowest BCUT2D eigenvalue weighted by molar-refractivity contribution is 0.470. The number of sulfonamides is 1. The van der Waals surface area contributed by atoms with Gasteiger partial charge in [0.25, 0.3) is 0 Å². The largest absolute Gasteiger partial charge is 0.309 e. The molecule has 5 nitrogen and oxygen atoms in total. The zero-order valence-electron chi connectivity index (χ0n) is 9.51. The first-order chi connectivity index (χ1) is 8.51. The highest BCUT2D eigenvalue weighted by molar-refractivity contribution is 7.89. The Labute approximate surface area is 111 Å². The maximum atomic E-state index is 12.0. The van der Waals surface area contributed by atoms with Crippen LogP contribution in [0.5, 0.6) is 0 Å². The quantitative estimate of drug-likeness (QED) is 0.846. The maximum Gasteiger partial charge on any atom is 0.240 e. The van der Waals surface area contributed by atoms with E-state index in [4.69, 9.17) is 16.9 Å². The van der Waals surface area contributed by atoms with Crippen molar-refractivity contribution in [3.8, 4) is 6.19 Å². The lowest BCUT2D eigenvalue weighted by Crippen LogP contribution is -2.36. The Morgan fingerprint density at radius 3 is 2.61 bits per heavy atom. The van der Waals surface area contributed by atoms with E-state index in [1.165, 1.54) is 29.2 Å². The van der Waals surface area contributed by atoms with Crippen LogP contribution >= 0.6 is 11.6 Å². The SMILES string of the molecule is N#CN1CCC(NS(=O)(=O)c2ccc(Cl)cc2)C1. The van der Waals surface area contributed by atoms with E-state index in [0.29, 0.717) is 24.5 Å². The minimum atomic E-state index is -3.54. The van der Waals surface area contributed by atoms with Crippen LogP contribution in [0.25, 0.3) is 0 Å². The summed E-state index contributed by atoms with van der Waals surface area (Å²) in [5.74, 6) is 0. The Kier molecular flexibility index (Phi) is 3.76. The van der Waals surface area contributed by atoms with E-state index in [2.05, 4.69) is 4.72 Å². The third-order valence-electron chi connectivity index (χ3n) is 2.78. The van der Waals surface area contributed by atoms with E-state index in [1.54, 1.807) is 0 Å². The minimum Gasteiger partial charge on any atom is -0.309 e. The van der Waals surface area contributed by atoms with Crippen molar-refractivity contribution >= 4 is 21.6 Å². The van der Waals surface area contributed by atoms with Crippen molar-refractivity contribution in [2.24, 2.45) is 0 Å². The van der Waals surface area contributed by atoms with E-state index >= 15 is 0 Å². The summed E-state index contributed by atoms with van der Waals surface area (Å²) in [6.07, 6.45) is 2.65. The van der Waals surface area contributed by atoms with Crippen LogP contribution in [0.2, 0.25) is 5.02 Å². The van der Waals surface area contributed by atoms with Gasteiger partial charge in [0, 0.05) is 24.2 Å². The molecule has 96 valence electrons. The average molecular weight is 286 g/mol. The summed E-state index contributed by atoms with van der Waals surface area (Å²) in [6.45, 7) is 1.01. The molecule has 0 amide bonds. The molecule has 1 heterocycles. The molecular formula is C11H12ClN3O2S. The lowest BCUT2D eigenvalue weighted by Gasteiger charge is -2.12. The van der Waals surface area contributed by atoms with Gasteiger partial charge in [-0.05, 0) is 30.7 Å². The zero-order chi connectivity index (χ0) is 13.2. The molecule has 0 radical (unpaired) electrons. The summed E-state index contributed by atoms with van der Waals surface area (Å²) < 4.78 is 26.7. The molecule has 7 heteroatoms. The van der Waals surface area contributed by atoms with Crippen LogP contribution in [0.4, 0.5) is 0 Å². The van der Waals surface area contributed by atoms with Gasteiger partial charge in [0.1, 0.15) is 0 Å².